The first kappa shape index (κ1) is 28.2. The lowest BCUT2D eigenvalue weighted by atomic mass is 9.86. The van der Waals surface area contributed by atoms with Crippen molar-refractivity contribution in [2.75, 3.05) is 6.54 Å². The van der Waals surface area contributed by atoms with E-state index in [2.05, 4.69) is 20.5 Å². The third-order valence-electron chi connectivity index (χ3n) is 5.42. The molecule has 0 saturated heterocycles. The van der Waals surface area contributed by atoms with Gasteiger partial charge in [0, 0.05) is 10.9 Å². The van der Waals surface area contributed by atoms with E-state index in [-0.39, 0.29) is 17.8 Å². The van der Waals surface area contributed by atoms with E-state index in [9.17, 15) is 32.3 Å². The van der Waals surface area contributed by atoms with Crippen molar-refractivity contribution >= 4 is 34.4 Å². The van der Waals surface area contributed by atoms with Crippen LogP contribution in [0.2, 0.25) is 0 Å². The van der Waals surface area contributed by atoms with E-state index in [1.54, 1.807) is 45.0 Å². The minimum Gasteiger partial charge on any atom is -0.406 e. The highest BCUT2D eigenvalue weighted by Crippen LogP contribution is 2.25. The van der Waals surface area contributed by atoms with E-state index in [0.29, 0.717) is 10.9 Å². The molecule has 38 heavy (non-hydrogen) atoms. The third kappa shape index (κ3) is 7.08. The van der Waals surface area contributed by atoms with Crippen LogP contribution in [0.3, 0.4) is 0 Å². The normalized spacial score (nSPS) is 12.6. The number of carbonyl (C=O) groups is 4. The molecule has 2 aromatic carbocycles. The first-order chi connectivity index (χ1) is 17.7. The molecule has 0 aliphatic heterocycles. The van der Waals surface area contributed by atoms with Crippen LogP contribution in [0.15, 0.2) is 48.5 Å². The minimum absolute atomic E-state index is 0.0423. The number of hydrogen-bond acceptors (Lipinski definition) is 6. The standard InChI is InChI=1S/C25H26F3N5O5/c1-24(2,3)21(23(37)30-12-19(29)35)31-22(36)20-16-6-4-5-7-17(16)33(32-20)13-18(34)14-8-10-15(11-9-14)38-25(26,27)28/h4-11,21H,12-13H2,1-3H3,(H2,29,35)(H,30,37)(H,31,36)/t21-/m1/s1. The molecule has 0 bridgehead atoms. The summed E-state index contributed by atoms with van der Waals surface area (Å²) in [6, 6.07) is 10.0. The Balaban J connectivity index is 1.85. The lowest BCUT2D eigenvalue weighted by Gasteiger charge is -2.30. The minimum atomic E-state index is -4.86. The number of primary amides is 1. The molecule has 4 N–H and O–H groups in total. The van der Waals surface area contributed by atoms with Gasteiger partial charge in [-0.05, 0) is 35.7 Å². The number of alkyl halides is 3. The van der Waals surface area contributed by atoms with Crippen LogP contribution in [-0.2, 0) is 16.1 Å². The molecular weight excluding hydrogens is 507 g/mol. The van der Waals surface area contributed by atoms with E-state index in [1.165, 1.54) is 16.8 Å². The number of carbonyl (C=O) groups excluding carboxylic acids is 4. The number of ketones is 1. The second-order valence-electron chi connectivity index (χ2n) is 9.48. The second kappa shape index (κ2) is 10.9. The zero-order valence-corrected chi connectivity index (χ0v) is 20.8. The highest BCUT2D eigenvalue weighted by Gasteiger charge is 2.34. The molecule has 3 amide bonds. The van der Waals surface area contributed by atoms with Crippen molar-refractivity contribution in [1.29, 1.82) is 0 Å². The van der Waals surface area contributed by atoms with Gasteiger partial charge in [0.25, 0.3) is 5.91 Å². The van der Waals surface area contributed by atoms with Gasteiger partial charge in [0.05, 0.1) is 12.1 Å². The van der Waals surface area contributed by atoms with Crippen LogP contribution in [0.5, 0.6) is 5.75 Å². The summed E-state index contributed by atoms with van der Waals surface area (Å²) < 4.78 is 42.3. The maximum absolute atomic E-state index is 13.2. The van der Waals surface area contributed by atoms with Crippen molar-refractivity contribution in [3.63, 3.8) is 0 Å². The second-order valence-corrected chi connectivity index (χ2v) is 9.48. The van der Waals surface area contributed by atoms with E-state index in [4.69, 9.17) is 5.73 Å². The summed E-state index contributed by atoms with van der Waals surface area (Å²) >= 11 is 0. The van der Waals surface area contributed by atoms with Gasteiger partial charge >= 0.3 is 6.36 Å². The summed E-state index contributed by atoms with van der Waals surface area (Å²) in [7, 11) is 0. The number of halogens is 3. The van der Waals surface area contributed by atoms with E-state index >= 15 is 0 Å². The van der Waals surface area contributed by atoms with Crippen molar-refractivity contribution in [3.8, 4) is 5.75 Å². The summed E-state index contributed by atoms with van der Waals surface area (Å²) in [6.07, 6.45) is -4.86. The fourth-order valence-electron chi connectivity index (χ4n) is 3.64. The quantitative estimate of drug-likeness (QED) is 0.361. The number of para-hydroxylation sites is 1. The Hall–Kier alpha value is -4.42. The number of aromatic nitrogens is 2. The van der Waals surface area contributed by atoms with Gasteiger partial charge in [0.1, 0.15) is 18.3 Å². The molecule has 0 saturated carbocycles. The number of benzene rings is 2. The lowest BCUT2D eigenvalue weighted by Crippen LogP contribution is -2.54. The maximum atomic E-state index is 13.2. The molecule has 1 aromatic heterocycles. The van der Waals surface area contributed by atoms with Gasteiger partial charge in [0.2, 0.25) is 11.8 Å². The zero-order valence-electron chi connectivity index (χ0n) is 20.8. The summed E-state index contributed by atoms with van der Waals surface area (Å²) in [5.41, 5.74) is 4.87. The number of ether oxygens (including phenoxy) is 1. The Morgan fingerprint density at radius 1 is 1.03 bits per heavy atom. The summed E-state index contributed by atoms with van der Waals surface area (Å²) in [4.78, 5) is 49.8. The maximum Gasteiger partial charge on any atom is 0.573 e. The van der Waals surface area contributed by atoms with E-state index in [0.717, 1.165) is 12.1 Å². The molecule has 0 spiro atoms. The molecule has 13 heteroatoms. The number of amides is 3. The fourth-order valence-corrected chi connectivity index (χ4v) is 3.64. The summed E-state index contributed by atoms with van der Waals surface area (Å²) in [5.74, 6) is -2.97. The van der Waals surface area contributed by atoms with E-state index in [1.807, 2.05) is 0 Å². The molecule has 0 radical (unpaired) electrons. The third-order valence-corrected chi connectivity index (χ3v) is 5.42. The monoisotopic (exact) mass is 533 g/mol. The van der Waals surface area contributed by atoms with Crippen molar-refractivity contribution in [2.24, 2.45) is 11.1 Å². The number of nitrogens with zero attached hydrogens (tertiary/aromatic N) is 2. The average molecular weight is 534 g/mol. The van der Waals surface area contributed by atoms with Gasteiger partial charge in [-0.2, -0.15) is 5.10 Å². The molecule has 0 fully saturated rings. The first-order valence-electron chi connectivity index (χ1n) is 11.4. The Morgan fingerprint density at radius 2 is 1.66 bits per heavy atom. The van der Waals surface area contributed by atoms with Crippen LogP contribution >= 0.6 is 0 Å². The van der Waals surface area contributed by atoms with Crippen molar-refractivity contribution in [3.05, 3.63) is 59.8 Å². The molecule has 1 atom stereocenters. The largest absolute Gasteiger partial charge is 0.573 e. The van der Waals surface area contributed by atoms with Crippen molar-refractivity contribution in [1.82, 2.24) is 20.4 Å². The van der Waals surface area contributed by atoms with Crippen LogP contribution in [0.25, 0.3) is 10.9 Å². The molecule has 10 nitrogen and oxygen atoms in total. The number of hydrogen-bond donors (Lipinski definition) is 3. The van der Waals surface area contributed by atoms with Crippen LogP contribution < -0.4 is 21.1 Å². The van der Waals surface area contributed by atoms with E-state index < -0.39 is 53.6 Å². The molecular formula is C25H26F3N5O5. The lowest BCUT2D eigenvalue weighted by molar-refractivity contribution is -0.274. The fraction of sp³-hybridized carbons (Fsp3) is 0.320. The van der Waals surface area contributed by atoms with Crippen molar-refractivity contribution < 1.29 is 37.1 Å². The Bertz CT molecular complexity index is 1360. The van der Waals surface area contributed by atoms with Crippen LogP contribution in [0, 0.1) is 5.41 Å². The van der Waals surface area contributed by atoms with Gasteiger partial charge in [-0.1, -0.05) is 39.0 Å². The number of nitrogens with one attached hydrogen (secondary N) is 2. The number of fused-ring (bicyclic) bond motifs is 1. The molecule has 3 rings (SSSR count). The average Bonchev–Trinajstić information content (AvgIpc) is 3.18. The zero-order chi connectivity index (χ0) is 28.3. The number of nitrogens with two attached hydrogens (primary N) is 1. The number of Topliss-reactive ketones (excluding diaryl/α,β-unsaturated/α-hetero) is 1. The van der Waals surface area contributed by atoms with Gasteiger partial charge in [0.15, 0.2) is 11.5 Å². The SMILES string of the molecule is CC(C)(C)[C@H](NC(=O)c1nn(CC(=O)c2ccc(OC(F)(F)F)cc2)c2ccccc12)C(=O)NCC(N)=O. The number of rotatable bonds is 9. The highest BCUT2D eigenvalue weighted by molar-refractivity contribution is 6.07. The van der Waals surface area contributed by atoms with Gasteiger partial charge < -0.3 is 21.1 Å². The molecule has 1 heterocycles. The predicted molar refractivity (Wildman–Crippen MR) is 130 cm³/mol. The summed E-state index contributed by atoms with van der Waals surface area (Å²) in [5, 5.41) is 9.73. The van der Waals surface area contributed by atoms with Gasteiger partial charge in [-0.15, -0.1) is 13.2 Å². The molecule has 0 aliphatic rings. The Labute approximate surface area is 215 Å². The van der Waals surface area contributed by atoms with Crippen LogP contribution in [0.1, 0.15) is 41.6 Å². The molecule has 0 aliphatic carbocycles. The Morgan fingerprint density at radius 3 is 2.24 bits per heavy atom. The van der Waals surface area contributed by atoms with Gasteiger partial charge in [-0.25, -0.2) is 0 Å². The highest BCUT2D eigenvalue weighted by atomic mass is 19.4. The topological polar surface area (TPSA) is 145 Å². The van der Waals surface area contributed by atoms with Crippen LogP contribution in [-0.4, -0.2) is 52.2 Å². The van der Waals surface area contributed by atoms with Gasteiger partial charge in [-0.3, -0.25) is 23.9 Å². The molecule has 3 aromatic rings. The molecule has 0 unspecified atom stereocenters. The Kier molecular flexibility index (Phi) is 8.08. The summed E-state index contributed by atoms with van der Waals surface area (Å²) in [6.45, 7) is 4.46. The smallest absolute Gasteiger partial charge is 0.406 e. The molecule has 202 valence electrons. The predicted octanol–water partition coefficient (Wildman–Crippen LogP) is 2.56. The van der Waals surface area contributed by atoms with Crippen molar-refractivity contribution in [2.45, 2.75) is 39.7 Å². The first-order valence-corrected chi connectivity index (χ1v) is 11.4. The van der Waals surface area contributed by atoms with Crippen LogP contribution in [0.4, 0.5) is 13.2 Å².